The summed E-state index contributed by atoms with van der Waals surface area (Å²) in [6.45, 7) is 3.79. The zero-order valence-electron chi connectivity index (χ0n) is 16.5. The van der Waals surface area contributed by atoms with E-state index < -0.39 is 5.54 Å². The van der Waals surface area contributed by atoms with E-state index in [1.807, 2.05) is 43.3 Å². The van der Waals surface area contributed by atoms with E-state index >= 15 is 0 Å². The van der Waals surface area contributed by atoms with E-state index in [2.05, 4.69) is 11.0 Å². The van der Waals surface area contributed by atoms with Gasteiger partial charge in [-0.3, -0.25) is 14.6 Å². The summed E-state index contributed by atoms with van der Waals surface area (Å²) >= 11 is 0. The minimum atomic E-state index is -0.750. The van der Waals surface area contributed by atoms with Gasteiger partial charge < -0.3 is 10.0 Å². The van der Waals surface area contributed by atoms with Gasteiger partial charge in [-0.15, -0.1) is 0 Å². The molecule has 28 heavy (non-hydrogen) atoms. The number of hydrogen-bond acceptors (Lipinski definition) is 4. The first-order valence-corrected chi connectivity index (χ1v) is 9.88. The Morgan fingerprint density at radius 3 is 2.43 bits per heavy atom. The summed E-state index contributed by atoms with van der Waals surface area (Å²) in [5.41, 5.74) is 0.205. The van der Waals surface area contributed by atoms with E-state index in [1.54, 1.807) is 11.9 Å². The topological polar surface area (TPSA) is 64.1 Å². The first-order valence-electron chi connectivity index (χ1n) is 9.88. The van der Waals surface area contributed by atoms with Crippen LogP contribution in [0.1, 0.15) is 25.3 Å². The van der Waals surface area contributed by atoms with Crippen LogP contribution in [0.5, 0.6) is 0 Å². The van der Waals surface area contributed by atoms with Crippen molar-refractivity contribution in [3.63, 3.8) is 0 Å². The van der Waals surface area contributed by atoms with Crippen molar-refractivity contribution in [2.24, 2.45) is 0 Å². The lowest BCUT2D eigenvalue weighted by Crippen LogP contribution is -2.57. The average molecular weight is 381 g/mol. The summed E-state index contributed by atoms with van der Waals surface area (Å²) in [6.07, 6.45) is 1.21. The van der Waals surface area contributed by atoms with Crippen LogP contribution in [0.15, 0.2) is 42.5 Å². The number of fused-ring (bicyclic) bond motifs is 1. The molecule has 2 aromatic carbocycles. The van der Waals surface area contributed by atoms with Crippen molar-refractivity contribution in [2.75, 3.05) is 26.7 Å². The van der Waals surface area contributed by atoms with E-state index in [1.165, 1.54) is 4.90 Å². The van der Waals surface area contributed by atoms with Crippen molar-refractivity contribution >= 4 is 22.7 Å². The molecule has 4 rings (SSSR count). The van der Waals surface area contributed by atoms with Crippen LogP contribution in [-0.2, 0) is 11.3 Å². The normalized spacial score (nSPS) is 21.1. The second kappa shape index (κ2) is 7.18. The third-order valence-electron chi connectivity index (χ3n) is 6.47. The van der Waals surface area contributed by atoms with Gasteiger partial charge in [-0.1, -0.05) is 36.4 Å². The van der Waals surface area contributed by atoms with E-state index in [0.717, 1.165) is 16.3 Å². The van der Waals surface area contributed by atoms with Gasteiger partial charge in [0.15, 0.2) is 0 Å². The molecule has 2 aromatic rings. The second-order valence-electron chi connectivity index (χ2n) is 8.01. The fraction of sp³-hybridized carbons (Fsp3) is 0.455. The quantitative estimate of drug-likeness (QED) is 0.827. The van der Waals surface area contributed by atoms with Crippen LogP contribution in [-0.4, -0.2) is 70.1 Å². The Kier molecular flexibility index (Phi) is 4.85. The van der Waals surface area contributed by atoms with Crippen LogP contribution in [0.3, 0.4) is 0 Å². The molecule has 3 amide bonds. The number of likely N-dealkylation sites (tertiary alicyclic amines) is 1. The molecule has 1 unspecified atom stereocenters. The summed E-state index contributed by atoms with van der Waals surface area (Å²) in [5, 5.41) is 11.6. The van der Waals surface area contributed by atoms with Gasteiger partial charge in [0.1, 0.15) is 5.54 Å². The van der Waals surface area contributed by atoms with Crippen molar-refractivity contribution in [1.29, 1.82) is 0 Å². The van der Waals surface area contributed by atoms with E-state index in [-0.39, 0.29) is 24.6 Å². The molecule has 0 radical (unpaired) electrons. The number of likely N-dealkylation sites (N-methyl/N-ethyl adjacent to an activating group) is 1. The predicted octanol–water partition coefficient (Wildman–Crippen LogP) is 2.45. The third-order valence-corrected chi connectivity index (χ3v) is 6.47. The highest BCUT2D eigenvalue weighted by molar-refractivity contribution is 6.07. The summed E-state index contributed by atoms with van der Waals surface area (Å²) in [5.74, 6) is -0.0931. The zero-order valence-corrected chi connectivity index (χ0v) is 16.5. The molecular weight excluding hydrogens is 354 g/mol. The molecule has 2 aliphatic rings. The van der Waals surface area contributed by atoms with E-state index in [9.17, 15) is 14.7 Å². The Morgan fingerprint density at radius 1 is 1.07 bits per heavy atom. The number of rotatable bonds is 4. The number of amides is 3. The van der Waals surface area contributed by atoms with Gasteiger partial charge in [0.2, 0.25) is 0 Å². The molecule has 6 heteroatoms. The minimum absolute atomic E-state index is 0.0727. The number of aliphatic hydroxyl groups excluding tert-OH is 1. The first-order chi connectivity index (χ1) is 13.5. The molecule has 2 aliphatic heterocycles. The predicted molar refractivity (Wildman–Crippen MR) is 108 cm³/mol. The van der Waals surface area contributed by atoms with E-state index in [0.29, 0.717) is 32.5 Å². The van der Waals surface area contributed by atoms with Crippen molar-refractivity contribution < 1.29 is 14.7 Å². The highest BCUT2D eigenvalue weighted by atomic mass is 16.3. The lowest BCUT2D eigenvalue weighted by molar-refractivity contribution is -0.136. The Bertz CT molecular complexity index is 905. The molecule has 1 N–H and O–H groups in total. The Labute approximate surface area is 165 Å². The number of nitrogens with zero attached hydrogens (tertiary/aromatic N) is 3. The van der Waals surface area contributed by atoms with Gasteiger partial charge in [-0.25, -0.2) is 4.79 Å². The van der Waals surface area contributed by atoms with Crippen molar-refractivity contribution in [1.82, 2.24) is 14.7 Å². The van der Waals surface area contributed by atoms with Crippen LogP contribution in [0.4, 0.5) is 4.79 Å². The number of carbonyl (C=O) groups is 2. The third kappa shape index (κ3) is 2.97. The highest BCUT2D eigenvalue weighted by Crippen LogP contribution is 2.37. The first kappa shape index (κ1) is 18.9. The van der Waals surface area contributed by atoms with Crippen LogP contribution in [0, 0.1) is 0 Å². The van der Waals surface area contributed by atoms with Gasteiger partial charge in [0.05, 0.1) is 13.2 Å². The molecule has 1 spiro atoms. The molecule has 1 atom stereocenters. The summed E-state index contributed by atoms with van der Waals surface area (Å²) in [4.78, 5) is 31.4. The number of piperidine rings is 1. The minimum Gasteiger partial charge on any atom is -0.395 e. The van der Waals surface area contributed by atoms with Crippen molar-refractivity contribution in [3.05, 3.63) is 48.0 Å². The lowest BCUT2D eigenvalue weighted by Gasteiger charge is -2.42. The maximum atomic E-state index is 13.3. The second-order valence-corrected chi connectivity index (χ2v) is 8.01. The van der Waals surface area contributed by atoms with E-state index in [4.69, 9.17) is 0 Å². The van der Waals surface area contributed by atoms with Crippen molar-refractivity contribution in [3.8, 4) is 0 Å². The van der Waals surface area contributed by atoms with Gasteiger partial charge in [-0.05, 0) is 42.2 Å². The van der Waals surface area contributed by atoms with Gasteiger partial charge in [-0.2, -0.15) is 0 Å². The SMILES string of the molecule is CC(CO)N1CCC2(CC1)C(=O)N(Cc1ccc3ccccc3c1)C(=O)N2C. The van der Waals surface area contributed by atoms with Crippen LogP contribution >= 0.6 is 0 Å². The molecule has 0 aromatic heterocycles. The molecule has 0 aliphatic carbocycles. The molecule has 0 saturated carbocycles. The number of benzene rings is 2. The van der Waals surface area contributed by atoms with Gasteiger partial charge in [0.25, 0.3) is 5.91 Å². The van der Waals surface area contributed by atoms with Gasteiger partial charge >= 0.3 is 6.03 Å². The highest BCUT2D eigenvalue weighted by Gasteiger charge is 2.56. The van der Waals surface area contributed by atoms with Crippen LogP contribution in [0.2, 0.25) is 0 Å². The van der Waals surface area contributed by atoms with Gasteiger partial charge in [0, 0.05) is 26.2 Å². The fourth-order valence-electron chi connectivity index (χ4n) is 4.50. The molecule has 148 valence electrons. The van der Waals surface area contributed by atoms with Crippen molar-refractivity contribution in [2.45, 2.75) is 37.9 Å². The summed E-state index contributed by atoms with van der Waals surface area (Å²) < 4.78 is 0. The smallest absolute Gasteiger partial charge is 0.327 e. The monoisotopic (exact) mass is 381 g/mol. The number of hydrogen-bond donors (Lipinski definition) is 1. The average Bonchev–Trinajstić information content (AvgIpc) is 2.90. The molecule has 2 heterocycles. The van der Waals surface area contributed by atoms with Crippen LogP contribution < -0.4 is 0 Å². The Balaban J connectivity index is 1.54. The number of imide groups is 1. The largest absolute Gasteiger partial charge is 0.395 e. The fourth-order valence-corrected chi connectivity index (χ4v) is 4.50. The molecular formula is C22H27N3O3. The zero-order chi connectivity index (χ0) is 19.9. The molecule has 2 saturated heterocycles. The Morgan fingerprint density at radius 2 is 1.75 bits per heavy atom. The number of urea groups is 1. The number of aliphatic hydroxyl groups is 1. The summed E-state index contributed by atoms with van der Waals surface area (Å²) in [6, 6.07) is 14.0. The Hall–Kier alpha value is -2.44. The molecule has 0 bridgehead atoms. The number of carbonyl (C=O) groups excluding carboxylic acids is 2. The maximum Gasteiger partial charge on any atom is 0.327 e. The maximum absolute atomic E-state index is 13.3. The molecule has 2 fully saturated rings. The summed E-state index contributed by atoms with van der Waals surface area (Å²) in [7, 11) is 1.74. The lowest BCUT2D eigenvalue weighted by atomic mass is 9.85. The standard InChI is InChI=1S/C22H27N3O3/c1-16(15-26)24-11-9-22(10-12-24)20(27)25(21(28)23(22)2)14-17-7-8-18-5-3-4-6-19(18)13-17/h3-8,13,16,26H,9-12,14-15H2,1-2H3. The van der Waals surface area contributed by atoms with Crippen LogP contribution in [0.25, 0.3) is 10.8 Å². The molecule has 6 nitrogen and oxygen atoms in total.